The van der Waals surface area contributed by atoms with Crippen LogP contribution in [0.5, 0.6) is 0 Å². The quantitative estimate of drug-likeness (QED) is 0.715. The van der Waals surface area contributed by atoms with Crippen LogP contribution in [0.4, 0.5) is 0 Å². The van der Waals surface area contributed by atoms with E-state index in [0.29, 0.717) is 6.04 Å². The average molecular weight is 221 g/mol. The van der Waals surface area contributed by atoms with Crippen molar-refractivity contribution < 1.29 is 4.74 Å². The van der Waals surface area contributed by atoms with Crippen molar-refractivity contribution in [1.29, 1.82) is 0 Å². The highest BCUT2D eigenvalue weighted by atomic mass is 16.5. The van der Waals surface area contributed by atoms with Gasteiger partial charge in [0.2, 0.25) is 0 Å². The van der Waals surface area contributed by atoms with Crippen LogP contribution < -0.4 is 5.32 Å². The van der Waals surface area contributed by atoms with E-state index in [0.717, 1.165) is 26.1 Å². The molecule has 1 unspecified atom stereocenters. The molecule has 0 aliphatic heterocycles. The Morgan fingerprint density at radius 1 is 1.19 bits per heavy atom. The number of aryl methyl sites for hydroxylation is 1. The van der Waals surface area contributed by atoms with Crippen molar-refractivity contribution in [2.24, 2.45) is 0 Å². The number of benzene rings is 1. The summed E-state index contributed by atoms with van der Waals surface area (Å²) >= 11 is 0. The van der Waals surface area contributed by atoms with Gasteiger partial charge in [0, 0.05) is 6.61 Å². The summed E-state index contributed by atoms with van der Waals surface area (Å²) in [5, 5.41) is 3.29. The van der Waals surface area contributed by atoms with Crippen LogP contribution in [0.15, 0.2) is 24.3 Å². The summed E-state index contributed by atoms with van der Waals surface area (Å²) in [4.78, 5) is 0. The van der Waals surface area contributed by atoms with E-state index in [1.54, 1.807) is 0 Å². The second-order valence-electron chi connectivity index (χ2n) is 4.01. The first kappa shape index (κ1) is 13.2. The molecule has 16 heavy (non-hydrogen) atoms. The maximum absolute atomic E-state index is 5.58. The number of hydrogen-bond acceptors (Lipinski definition) is 2. The summed E-state index contributed by atoms with van der Waals surface area (Å²) in [6.45, 7) is 5.89. The van der Waals surface area contributed by atoms with Crippen molar-refractivity contribution in [3.05, 3.63) is 35.4 Å². The molecule has 0 amide bonds. The lowest BCUT2D eigenvalue weighted by molar-refractivity contribution is 0.114. The minimum absolute atomic E-state index is 0.303. The minimum atomic E-state index is 0.303. The van der Waals surface area contributed by atoms with Gasteiger partial charge in [-0.3, -0.25) is 0 Å². The maximum Gasteiger partial charge on any atom is 0.0661 e. The number of rotatable bonds is 7. The molecule has 0 aliphatic carbocycles. The summed E-state index contributed by atoms with van der Waals surface area (Å²) < 4.78 is 5.58. The third-order valence-electron chi connectivity index (χ3n) is 2.77. The molecule has 0 fully saturated rings. The van der Waals surface area contributed by atoms with Gasteiger partial charge in [-0.2, -0.15) is 0 Å². The molecule has 0 heterocycles. The largest absolute Gasteiger partial charge is 0.379 e. The lowest BCUT2D eigenvalue weighted by Crippen LogP contribution is -2.22. The van der Waals surface area contributed by atoms with Crippen molar-refractivity contribution in [3.63, 3.8) is 0 Å². The third kappa shape index (κ3) is 3.95. The average Bonchev–Trinajstić information content (AvgIpc) is 2.35. The van der Waals surface area contributed by atoms with E-state index in [-0.39, 0.29) is 0 Å². The highest BCUT2D eigenvalue weighted by Gasteiger charge is 2.08. The van der Waals surface area contributed by atoms with Gasteiger partial charge in [0.15, 0.2) is 0 Å². The summed E-state index contributed by atoms with van der Waals surface area (Å²) in [5.41, 5.74) is 2.68. The molecule has 90 valence electrons. The van der Waals surface area contributed by atoms with E-state index < -0.39 is 0 Å². The normalized spacial score (nSPS) is 12.7. The van der Waals surface area contributed by atoms with Crippen LogP contribution in [0, 0.1) is 0 Å². The summed E-state index contributed by atoms with van der Waals surface area (Å²) in [6, 6.07) is 9.07. The van der Waals surface area contributed by atoms with E-state index in [9.17, 15) is 0 Å². The third-order valence-corrected chi connectivity index (χ3v) is 2.77. The fraction of sp³-hybridized carbons (Fsp3) is 0.571. The molecule has 2 heteroatoms. The van der Waals surface area contributed by atoms with Crippen LogP contribution in [0.3, 0.4) is 0 Å². The monoisotopic (exact) mass is 221 g/mol. The molecule has 0 spiro atoms. The molecule has 1 N–H and O–H groups in total. The summed E-state index contributed by atoms with van der Waals surface area (Å²) in [5.74, 6) is 0. The molecule has 0 aromatic heterocycles. The summed E-state index contributed by atoms with van der Waals surface area (Å²) in [6.07, 6.45) is 2.17. The highest BCUT2D eigenvalue weighted by Crippen LogP contribution is 2.14. The minimum Gasteiger partial charge on any atom is -0.379 e. The Morgan fingerprint density at radius 2 is 1.88 bits per heavy atom. The fourth-order valence-corrected chi connectivity index (χ4v) is 1.68. The number of ether oxygens (including phenoxy) is 1. The van der Waals surface area contributed by atoms with Gasteiger partial charge in [-0.25, -0.2) is 0 Å². The molecule has 0 saturated heterocycles. The second kappa shape index (κ2) is 7.42. The molecule has 0 aliphatic rings. The molecule has 0 saturated carbocycles. The van der Waals surface area contributed by atoms with Crippen molar-refractivity contribution in [2.75, 3.05) is 20.3 Å². The predicted octanol–water partition coefficient (Wildman–Crippen LogP) is 2.94. The van der Waals surface area contributed by atoms with Gasteiger partial charge in [-0.1, -0.05) is 38.1 Å². The van der Waals surface area contributed by atoms with Gasteiger partial charge < -0.3 is 10.1 Å². The van der Waals surface area contributed by atoms with Crippen LogP contribution in [-0.4, -0.2) is 20.3 Å². The van der Waals surface area contributed by atoms with E-state index in [1.165, 1.54) is 11.1 Å². The molecule has 1 atom stereocenters. The van der Waals surface area contributed by atoms with Crippen LogP contribution in [-0.2, 0) is 11.2 Å². The zero-order valence-corrected chi connectivity index (χ0v) is 10.6. The van der Waals surface area contributed by atoms with E-state index in [2.05, 4.69) is 43.4 Å². The second-order valence-corrected chi connectivity index (χ2v) is 4.01. The Bertz CT molecular complexity index is 281. The first-order valence-corrected chi connectivity index (χ1v) is 6.15. The van der Waals surface area contributed by atoms with E-state index in [1.807, 2.05) is 7.05 Å². The maximum atomic E-state index is 5.58. The van der Waals surface area contributed by atoms with Gasteiger partial charge in [0.25, 0.3) is 0 Å². The smallest absolute Gasteiger partial charge is 0.0661 e. The molecule has 1 aromatic carbocycles. The molecule has 2 nitrogen and oxygen atoms in total. The van der Waals surface area contributed by atoms with Crippen LogP contribution in [0.1, 0.15) is 37.4 Å². The van der Waals surface area contributed by atoms with Crippen molar-refractivity contribution in [2.45, 2.75) is 32.7 Å². The number of nitrogens with one attached hydrogen (secondary N) is 1. The summed E-state index contributed by atoms with van der Waals surface area (Å²) in [7, 11) is 1.98. The molecule has 1 aromatic rings. The van der Waals surface area contributed by atoms with Gasteiger partial charge in [-0.15, -0.1) is 0 Å². The molecular formula is C14H23NO. The van der Waals surface area contributed by atoms with Gasteiger partial charge >= 0.3 is 0 Å². The first-order valence-electron chi connectivity index (χ1n) is 6.15. The first-order chi connectivity index (χ1) is 7.81. The zero-order chi connectivity index (χ0) is 11.8. The van der Waals surface area contributed by atoms with Crippen molar-refractivity contribution in [1.82, 2.24) is 5.32 Å². The van der Waals surface area contributed by atoms with E-state index in [4.69, 9.17) is 4.74 Å². The molecular weight excluding hydrogens is 198 g/mol. The lowest BCUT2D eigenvalue weighted by Gasteiger charge is -2.17. The van der Waals surface area contributed by atoms with Crippen molar-refractivity contribution in [3.8, 4) is 0 Å². The standard InChI is InChI=1S/C14H23NO/c1-4-10-16-11-14(15-3)13-8-6-12(5-2)7-9-13/h6-9,14-15H,4-5,10-11H2,1-3H3. The molecule has 1 rings (SSSR count). The van der Waals surface area contributed by atoms with Crippen LogP contribution in [0.25, 0.3) is 0 Å². The SMILES string of the molecule is CCCOCC(NC)c1ccc(CC)cc1. The topological polar surface area (TPSA) is 21.3 Å². The Balaban J connectivity index is 2.56. The Labute approximate surface area is 99.0 Å². The lowest BCUT2D eigenvalue weighted by atomic mass is 10.0. The molecule has 0 radical (unpaired) electrons. The predicted molar refractivity (Wildman–Crippen MR) is 68.7 cm³/mol. The Kier molecular flexibility index (Phi) is 6.12. The van der Waals surface area contributed by atoms with Crippen LogP contribution in [0.2, 0.25) is 0 Å². The Morgan fingerprint density at radius 3 is 2.38 bits per heavy atom. The van der Waals surface area contributed by atoms with Gasteiger partial charge in [-0.05, 0) is 31.0 Å². The number of hydrogen-bond donors (Lipinski definition) is 1. The van der Waals surface area contributed by atoms with Gasteiger partial charge in [0.05, 0.1) is 12.6 Å². The van der Waals surface area contributed by atoms with Crippen LogP contribution >= 0.6 is 0 Å². The fourth-order valence-electron chi connectivity index (χ4n) is 1.68. The Hall–Kier alpha value is -0.860. The molecule has 0 bridgehead atoms. The zero-order valence-electron chi connectivity index (χ0n) is 10.6. The van der Waals surface area contributed by atoms with Gasteiger partial charge in [0.1, 0.15) is 0 Å². The highest BCUT2D eigenvalue weighted by molar-refractivity contribution is 5.25. The van der Waals surface area contributed by atoms with E-state index >= 15 is 0 Å². The number of likely N-dealkylation sites (N-methyl/N-ethyl adjacent to an activating group) is 1. The van der Waals surface area contributed by atoms with Crippen molar-refractivity contribution >= 4 is 0 Å².